The number of halogens is 1. The van der Waals surface area contributed by atoms with E-state index in [1.165, 1.54) is 0 Å². The highest BCUT2D eigenvalue weighted by Gasteiger charge is 2.29. The highest BCUT2D eigenvalue weighted by Crippen LogP contribution is 2.31. The molecule has 3 rings (SSSR count). The molecule has 1 aliphatic rings. The molecule has 0 aliphatic carbocycles. The molecule has 102 valence electrons. The minimum atomic E-state index is -0.804. The highest BCUT2D eigenvalue weighted by molar-refractivity contribution is 6.32. The van der Waals surface area contributed by atoms with E-state index in [0.29, 0.717) is 22.3 Å². The zero-order chi connectivity index (χ0) is 13.9. The predicted molar refractivity (Wildman–Crippen MR) is 73.4 cm³/mol. The van der Waals surface area contributed by atoms with Crippen LogP contribution in [-0.4, -0.2) is 18.7 Å². The summed E-state index contributed by atoms with van der Waals surface area (Å²) in [7, 11) is 0. The first kappa shape index (κ1) is 12.8. The SMILES string of the molecule is O=C(Oc1ccccc1Cl)[C@H]1COc2ccccc2O1. The second-order valence-corrected chi connectivity index (χ2v) is 4.62. The molecule has 20 heavy (non-hydrogen) atoms. The van der Waals surface area contributed by atoms with E-state index in [-0.39, 0.29) is 6.61 Å². The average Bonchev–Trinajstić information content (AvgIpc) is 2.49. The maximum Gasteiger partial charge on any atom is 0.356 e. The van der Waals surface area contributed by atoms with Crippen molar-refractivity contribution in [3.63, 3.8) is 0 Å². The Kier molecular flexibility index (Phi) is 3.48. The molecule has 1 atom stereocenters. The van der Waals surface area contributed by atoms with Crippen molar-refractivity contribution >= 4 is 17.6 Å². The summed E-state index contributed by atoms with van der Waals surface area (Å²) in [4.78, 5) is 12.0. The van der Waals surface area contributed by atoms with Crippen molar-refractivity contribution in [1.82, 2.24) is 0 Å². The summed E-state index contributed by atoms with van der Waals surface area (Å²) in [6, 6.07) is 13.9. The van der Waals surface area contributed by atoms with Gasteiger partial charge in [0.15, 0.2) is 11.5 Å². The number of rotatable bonds is 2. The molecule has 0 saturated carbocycles. The number of hydrogen-bond acceptors (Lipinski definition) is 4. The van der Waals surface area contributed by atoms with E-state index in [1.54, 1.807) is 36.4 Å². The topological polar surface area (TPSA) is 44.8 Å². The number of ether oxygens (including phenoxy) is 3. The fourth-order valence-electron chi connectivity index (χ4n) is 1.84. The first-order valence-corrected chi connectivity index (χ1v) is 6.46. The van der Waals surface area contributed by atoms with Gasteiger partial charge in [-0.05, 0) is 24.3 Å². The number of para-hydroxylation sites is 3. The van der Waals surface area contributed by atoms with Gasteiger partial charge >= 0.3 is 5.97 Å². The van der Waals surface area contributed by atoms with Crippen LogP contribution in [0.3, 0.4) is 0 Å². The second-order valence-electron chi connectivity index (χ2n) is 4.22. The molecular weight excluding hydrogens is 280 g/mol. The maximum atomic E-state index is 12.0. The van der Waals surface area contributed by atoms with Crippen molar-refractivity contribution in [2.75, 3.05) is 6.61 Å². The summed E-state index contributed by atoms with van der Waals surface area (Å²) in [6.45, 7) is 0.111. The van der Waals surface area contributed by atoms with Crippen LogP contribution in [0, 0.1) is 0 Å². The van der Waals surface area contributed by atoms with Crippen LogP contribution >= 0.6 is 11.6 Å². The van der Waals surface area contributed by atoms with Gasteiger partial charge < -0.3 is 14.2 Å². The number of carbonyl (C=O) groups is 1. The van der Waals surface area contributed by atoms with Gasteiger partial charge in [0.1, 0.15) is 12.4 Å². The van der Waals surface area contributed by atoms with Gasteiger partial charge in [-0.3, -0.25) is 0 Å². The molecule has 0 N–H and O–H groups in total. The molecule has 0 aromatic heterocycles. The molecule has 4 nitrogen and oxygen atoms in total. The second kappa shape index (κ2) is 5.43. The standard InChI is InChI=1S/C15H11ClO4/c16-10-5-1-2-6-11(10)20-15(17)14-9-18-12-7-3-4-8-13(12)19-14/h1-8,14H,9H2/t14-/m1/s1. The minimum absolute atomic E-state index is 0.111. The van der Waals surface area contributed by atoms with Crippen LogP contribution in [0.25, 0.3) is 0 Å². The van der Waals surface area contributed by atoms with Crippen LogP contribution in [0.1, 0.15) is 0 Å². The number of esters is 1. The van der Waals surface area contributed by atoms with E-state index in [4.69, 9.17) is 25.8 Å². The highest BCUT2D eigenvalue weighted by atomic mass is 35.5. The van der Waals surface area contributed by atoms with Crippen LogP contribution < -0.4 is 14.2 Å². The number of hydrogen-bond donors (Lipinski definition) is 0. The molecule has 1 aliphatic heterocycles. The lowest BCUT2D eigenvalue weighted by Gasteiger charge is -2.24. The summed E-state index contributed by atoms with van der Waals surface area (Å²) < 4.78 is 16.3. The molecule has 2 aromatic carbocycles. The Hall–Kier alpha value is -2.20. The van der Waals surface area contributed by atoms with Gasteiger partial charge in [0.25, 0.3) is 0 Å². The molecule has 0 saturated heterocycles. The summed E-state index contributed by atoms with van der Waals surface area (Å²) in [5.74, 6) is 0.920. The van der Waals surface area contributed by atoms with Gasteiger partial charge in [0, 0.05) is 0 Å². The lowest BCUT2D eigenvalue weighted by molar-refractivity contribution is -0.144. The quantitative estimate of drug-likeness (QED) is 0.630. The normalized spacial score (nSPS) is 16.6. The third kappa shape index (κ3) is 2.56. The summed E-state index contributed by atoms with van der Waals surface area (Å²) in [5.41, 5.74) is 0. The Morgan fingerprint density at radius 2 is 1.80 bits per heavy atom. The molecular formula is C15H11ClO4. The van der Waals surface area contributed by atoms with Crippen LogP contribution in [0.2, 0.25) is 5.02 Å². The molecule has 0 fully saturated rings. The Labute approximate surface area is 120 Å². The van der Waals surface area contributed by atoms with Crippen LogP contribution in [0.4, 0.5) is 0 Å². The van der Waals surface area contributed by atoms with Gasteiger partial charge in [-0.1, -0.05) is 35.9 Å². The summed E-state index contributed by atoms with van der Waals surface area (Å²) >= 11 is 5.94. The van der Waals surface area contributed by atoms with E-state index in [2.05, 4.69) is 0 Å². The molecule has 5 heteroatoms. The monoisotopic (exact) mass is 290 g/mol. The van der Waals surface area contributed by atoms with Crippen molar-refractivity contribution in [1.29, 1.82) is 0 Å². The van der Waals surface area contributed by atoms with E-state index in [9.17, 15) is 4.79 Å². The molecule has 2 aromatic rings. The van der Waals surface area contributed by atoms with Crippen molar-refractivity contribution < 1.29 is 19.0 Å². The van der Waals surface area contributed by atoms with Crippen LogP contribution in [0.5, 0.6) is 17.2 Å². The van der Waals surface area contributed by atoms with Gasteiger partial charge in [0.05, 0.1) is 5.02 Å². The maximum absolute atomic E-state index is 12.0. The van der Waals surface area contributed by atoms with E-state index < -0.39 is 12.1 Å². The third-order valence-electron chi connectivity index (χ3n) is 2.82. The van der Waals surface area contributed by atoms with Gasteiger partial charge in [-0.15, -0.1) is 0 Å². The van der Waals surface area contributed by atoms with Crippen molar-refractivity contribution in [2.24, 2.45) is 0 Å². The zero-order valence-corrected chi connectivity index (χ0v) is 11.2. The fourth-order valence-corrected chi connectivity index (χ4v) is 2.01. The number of benzene rings is 2. The Morgan fingerprint density at radius 3 is 2.60 bits per heavy atom. The minimum Gasteiger partial charge on any atom is -0.485 e. The lowest BCUT2D eigenvalue weighted by Crippen LogP contribution is -2.39. The van der Waals surface area contributed by atoms with Gasteiger partial charge in [0.2, 0.25) is 6.10 Å². The zero-order valence-electron chi connectivity index (χ0n) is 10.4. The smallest absolute Gasteiger partial charge is 0.356 e. The summed E-state index contributed by atoms with van der Waals surface area (Å²) in [5, 5.41) is 0.373. The first-order valence-electron chi connectivity index (χ1n) is 6.09. The molecule has 0 unspecified atom stereocenters. The van der Waals surface area contributed by atoms with Gasteiger partial charge in [-0.2, -0.15) is 0 Å². The van der Waals surface area contributed by atoms with E-state index in [1.807, 2.05) is 12.1 Å². The molecule has 1 heterocycles. The van der Waals surface area contributed by atoms with Crippen molar-refractivity contribution in [2.45, 2.75) is 6.10 Å². The van der Waals surface area contributed by atoms with Crippen LogP contribution in [-0.2, 0) is 4.79 Å². The molecule has 0 bridgehead atoms. The Bertz CT molecular complexity index is 641. The van der Waals surface area contributed by atoms with E-state index in [0.717, 1.165) is 0 Å². The molecule has 0 amide bonds. The number of fused-ring (bicyclic) bond motifs is 1. The average molecular weight is 291 g/mol. The summed E-state index contributed by atoms with van der Waals surface area (Å²) in [6.07, 6.45) is -0.804. The van der Waals surface area contributed by atoms with E-state index >= 15 is 0 Å². The molecule has 0 spiro atoms. The van der Waals surface area contributed by atoms with Crippen molar-refractivity contribution in [3.8, 4) is 17.2 Å². The van der Waals surface area contributed by atoms with Gasteiger partial charge in [-0.25, -0.2) is 4.79 Å². The first-order chi connectivity index (χ1) is 9.74. The third-order valence-corrected chi connectivity index (χ3v) is 3.13. The van der Waals surface area contributed by atoms with Crippen LogP contribution in [0.15, 0.2) is 48.5 Å². The Balaban J connectivity index is 1.72. The predicted octanol–water partition coefficient (Wildman–Crippen LogP) is 3.09. The largest absolute Gasteiger partial charge is 0.485 e. The van der Waals surface area contributed by atoms with Crippen molar-refractivity contribution in [3.05, 3.63) is 53.6 Å². The molecule has 0 radical (unpaired) electrons. The number of carbonyl (C=O) groups excluding carboxylic acids is 1. The Morgan fingerprint density at radius 1 is 1.10 bits per heavy atom. The lowest BCUT2D eigenvalue weighted by atomic mass is 10.2. The fraction of sp³-hybridized carbons (Fsp3) is 0.133.